The van der Waals surface area contributed by atoms with Crippen molar-refractivity contribution in [1.82, 2.24) is 5.32 Å². The molecule has 0 spiro atoms. The third-order valence-corrected chi connectivity index (χ3v) is 3.93. The molecular formula is C18H22ClN. The van der Waals surface area contributed by atoms with Gasteiger partial charge in [-0.05, 0) is 43.5 Å². The number of halogens is 1. The molecule has 0 amide bonds. The largest absolute Gasteiger partial charge is 0.303 e. The quantitative estimate of drug-likeness (QED) is 0.771. The van der Waals surface area contributed by atoms with Crippen molar-refractivity contribution in [2.75, 3.05) is 0 Å². The van der Waals surface area contributed by atoms with Crippen LogP contribution in [0, 0.1) is 6.92 Å². The lowest BCUT2D eigenvalue weighted by Crippen LogP contribution is -2.24. The molecule has 1 nitrogen and oxygen atoms in total. The first-order chi connectivity index (χ1) is 9.60. The van der Waals surface area contributed by atoms with Crippen LogP contribution in [0.15, 0.2) is 48.5 Å². The van der Waals surface area contributed by atoms with Crippen LogP contribution in [0.2, 0.25) is 5.02 Å². The molecule has 0 aliphatic rings. The molecule has 0 aliphatic carbocycles. The van der Waals surface area contributed by atoms with Gasteiger partial charge in [0.15, 0.2) is 0 Å². The van der Waals surface area contributed by atoms with E-state index in [0.717, 1.165) is 11.4 Å². The molecule has 0 aliphatic heterocycles. The van der Waals surface area contributed by atoms with E-state index in [4.69, 9.17) is 11.6 Å². The first-order valence-corrected chi connectivity index (χ1v) is 7.56. The van der Waals surface area contributed by atoms with Gasteiger partial charge >= 0.3 is 0 Å². The highest BCUT2D eigenvalue weighted by atomic mass is 35.5. The number of aryl methyl sites for hydroxylation is 1. The van der Waals surface area contributed by atoms with E-state index >= 15 is 0 Å². The van der Waals surface area contributed by atoms with Crippen molar-refractivity contribution in [2.45, 2.75) is 39.3 Å². The lowest BCUT2D eigenvalue weighted by atomic mass is 10.0. The van der Waals surface area contributed by atoms with E-state index in [9.17, 15) is 0 Å². The van der Waals surface area contributed by atoms with Gasteiger partial charge in [-0.15, -0.1) is 0 Å². The predicted octanol–water partition coefficient (Wildman–Crippen LogP) is 5.45. The zero-order chi connectivity index (χ0) is 14.5. The standard InChI is InChI=1S/C18H22ClN/c1-4-18(15-8-10-17(19)11-9-15)20-14(3)16-7-5-6-13(2)12-16/h5-12,14,18,20H,4H2,1-3H3. The summed E-state index contributed by atoms with van der Waals surface area (Å²) in [4.78, 5) is 0. The van der Waals surface area contributed by atoms with Crippen LogP contribution >= 0.6 is 11.6 Å². The summed E-state index contributed by atoms with van der Waals surface area (Å²) in [6, 6.07) is 17.5. The summed E-state index contributed by atoms with van der Waals surface area (Å²) < 4.78 is 0. The van der Waals surface area contributed by atoms with E-state index in [1.54, 1.807) is 0 Å². The van der Waals surface area contributed by atoms with Crippen LogP contribution in [0.3, 0.4) is 0 Å². The molecule has 0 radical (unpaired) electrons. The minimum absolute atomic E-state index is 0.329. The Labute approximate surface area is 127 Å². The molecule has 0 bridgehead atoms. The van der Waals surface area contributed by atoms with Crippen molar-refractivity contribution in [3.05, 3.63) is 70.2 Å². The fraction of sp³-hybridized carbons (Fsp3) is 0.333. The van der Waals surface area contributed by atoms with Crippen molar-refractivity contribution in [3.63, 3.8) is 0 Å². The van der Waals surface area contributed by atoms with E-state index < -0.39 is 0 Å². The summed E-state index contributed by atoms with van der Waals surface area (Å²) in [6.07, 6.45) is 1.05. The van der Waals surface area contributed by atoms with Gasteiger partial charge in [0, 0.05) is 17.1 Å². The van der Waals surface area contributed by atoms with Crippen LogP contribution in [0.4, 0.5) is 0 Å². The molecule has 0 fully saturated rings. The number of hydrogen-bond acceptors (Lipinski definition) is 1. The highest BCUT2D eigenvalue weighted by Crippen LogP contribution is 2.23. The van der Waals surface area contributed by atoms with Gasteiger partial charge in [0.1, 0.15) is 0 Å². The molecule has 2 atom stereocenters. The van der Waals surface area contributed by atoms with Crippen LogP contribution in [-0.4, -0.2) is 0 Å². The maximum absolute atomic E-state index is 5.96. The Morgan fingerprint density at radius 3 is 2.35 bits per heavy atom. The van der Waals surface area contributed by atoms with Gasteiger partial charge in [0.2, 0.25) is 0 Å². The van der Waals surface area contributed by atoms with Gasteiger partial charge in [-0.2, -0.15) is 0 Å². The van der Waals surface area contributed by atoms with Crippen molar-refractivity contribution in [2.24, 2.45) is 0 Å². The van der Waals surface area contributed by atoms with E-state index in [2.05, 4.69) is 62.5 Å². The topological polar surface area (TPSA) is 12.0 Å². The summed E-state index contributed by atoms with van der Waals surface area (Å²) in [5, 5.41) is 4.49. The lowest BCUT2D eigenvalue weighted by Gasteiger charge is -2.23. The van der Waals surface area contributed by atoms with E-state index in [1.807, 2.05) is 12.1 Å². The molecule has 2 aromatic rings. The monoisotopic (exact) mass is 287 g/mol. The van der Waals surface area contributed by atoms with Crippen LogP contribution in [0.1, 0.15) is 49.0 Å². The van der Waals surface area contributed by atoms with Crippen molar-refractivity contribution < 1.29 is 0 Å². The molecule has 2 heteroatoms. The Morgan fingerprint density at radius 1 is 1.05 bits per heavy atom. The van der Waals surface area contributed by atoms with E-state index in [0.29, 0.717) is 12.1 Å². The Kier molecular flexibility index (Phi) is 5.22. The maximum Gasteiger partial charge on any atom is 0.0406 e. The highest BCUT2D eigenvalue weighted by molar-refractivity contribution is 6.30. The second kappa shape index (κ2) is 6.92. The number of rotatable bonds is 5. The maximum atomic E-state index is 5.96. The number of nitrogens with one attached hydrogen (secondary N) is 1. The third kappa shape index (κ3) is 3.84. The first-order valence-electron chi connectivity index (χ1n) is 7.18. The van der Waals surface area contributed by atoms with Crippen LogP contribution in [0.5, 0.6) is 0 Å². The molecule has 106 valence electrons. The molecule has 2 aromatic carbocycles. The van der Waals surface area contributed by atoms with E-state index in [1.165, 1.54) is 16.7 Å². The summed E-state index contributed by atoms with van der Waals surface area (Å²) in [7, 11) is 0. The number of hydrogen-bond donors (Lipinski definition) is 1. The smallest absolute Gasteiger partial charge is 0.0406 e. The molecule has 20 heavy (non-hydrogen) atoms. The summed E-state index contributed by atoms with van der Waals surface area (Å²) in [6.45, 7) is 6.55. The van der Waals surface area contributed by atoms with Gasteiger partial charge in [0.25, 0.3) is 0 Å². The molecule has 0 saturated carbocycles. The third-order valence-electron chi connectivity index (χ3n) is 3.67. The van der Waals surface area contributed by atoms with Crippen molar-refractivity contribution >= 4 is 11.6 Å². The molecule has 0 heterocycles. The number of benzene rings is 2. The van der Waals surface area contributed by atoms with Crippen LogP contribution < -0.4 is 5.32 Å². The Hall–Kier alpha value is -1.31. The molecule has 0 saturated heterocycles. The summed E-state index contributed by atoms with van der Waals surface area (Å²) in [5.74, 6) is 0. The Morgan fingerprint density at radius 2 is 1.75 bits per heavy atom. The van der Waals surface area contributed by atoms with Gasteiger partial charge in [0.05, 0.1) is 0 Å². The van der Waals surface area contributed by atoms with Crippen LogP contribution in [-0.2, 0) is 0 Å². The molecule has 2 unspecified atom stereocenters. The zero-order valence-electron chi connectivity index (χ0n) is 12.4. The zero-order valence-corrected chi connectivity index (χ0v) is 13.1. The summed E-state index contributed by atoms with van der Waals surface area (Å²) >= 11 is 5.96. The second-order valence-corrected chi connectivity index (χ2v) is 5.75. The van der Waals surface area contributed by atoms with E-state index in [-0.39, 0.29) is 0 Å². The van der Waals surface area contributed by atoms with Crippen molar-refractivity contribution in [3.8, 4) is 0 Å². The first kappa shape index (κ1) is 15.1. The predicted molar refractivity (Wildman–Crippen MR) is 87.2 cm³/mol. The van der Waals surface area contributed by atoms with Gasteiger partial charge < -0.3 is 5.32 Å². The normalized spacial score (nSPS) is 14.0. The van der Waals surface area contributed by atoms with Gasteiger partial charge in [-0.3, -0.25) is 0 Å². The minimum atomic E-state index is 0.329. The minimum Gasteiger partial charge on any atom is -0.303 e. The molecular weight excluding hydrogens is 266 g/mol. The Balaban J connectivity index is 2.11. The highest BCUT2D eigenvalue weighted by Gasteiger charge is 2.13. The summed E-state index contributed by atoms with van der Waals surface area (Å²) in [5.41, 5.74) is 3.92. The Bertz CT molecular complexity index is 548. The fourth-order valence-electron chi connectivity index (χ4n) is 2.48. The second-order valence-electron chi connectivity index (χ2n) is 5.31. The van der Waals surface area contributed by atoms with Crippen molar-refractivity contribution in [1.29, 1.82) is 0 Å². The lowest BCUT2D eigenvalue weighted by molar-refractivity contribution is 0.456. The average molecular weight is 288 g/mol. The SMILES string of the molecule is CCC(NC(C)c1cccc(C)c1)c1ccc(Cl)cc1. The fourth-order valence-corrected chi connectivity index (χ4v) is 2.61. The van der Waals surface area contributed by atoms with Crippen LogP contribution in [0.25, 0.3) is 0 Å². The molecule has 1 N–H and O–H groups in total. The van der Waals surface area contributed by atoms with Gasteiger partial charge in [-0.1, -0.05) is 60.5 Å². The average Bonchev–Trinajstić information content (AvgIpc) is 2.45. The molecule has 0 aromatic heterocycles. The van der Waals surface area contributed by atoms with Gasteiger partial charge in [-0.25, -0.2) is 0 Å². The molecule has 2 rings (SSSR count).